The lowest BCUT2D eigenvalue weighted by atomic mass is 10.1. The Kier molecular flexibility index (Phi) is 2.78. The van der Waals surface area contributed by atoms with Gasteiger partial charge >= 0.3 is 6.18 Å². The minimum Gasteiger partial charge on any atom is -0.329 e. The molecule has 76 valence electrons. The monoisotopic (exact) mass is 203 g/mol. The van der Waals surface area contributed by atoms with Crippen LogP contribution >= 0.6 is 0 Å². The van der Waals surface area contributed by atoms with Gasteiger partial charge in [-0.05, 0) is 24.6 Å². The second-order valence-corrected chi connectivity index (χ2v) is 2.79. The van der Waals surface area contributed by atoms with Gasteiger partial charge in [-0.25, -0.2) is 0 Å². The molecule has 0 spiro atoms. The summed E-state index contributed by atoms with van der Waals surface area (Å²) in [7, 11) is 0. The molecule has 0 aliphatic carbocycles. The highest BCUT2D eigenvalue weighted by molar-refractivity contribution is 5.71. The zero-order chi connectivity index (χ0) is 10.8. The number of carbonyl (C=O) groups is 1. The number of nitrogens with one attached hydrogen (secondary N) is 1. The first-order valence-electron chi connectivity index (χ1n) is 3.83. The van der Waals surface area contributed by atoms with E-state index in [4.69, 9.17) is 0 Å². The van der Waals surface area contributed by atoms with Crippen LogP contribution in [0.1, 0.15) is 11.1 Å². The second kappa shape index (κ2) is 3.69. The minimum atomic E-state index is -4.38. The molecule has 1 amide bonds. The molecule has 0 heterocycles. The lowest BCUT2D eigenvalue weighted by Crippen LogP contribution is -2.08. The van der Waals surface area contributed by atoms with Crippen molar-refractivity contribution in [3.63, 3.8) is 0 Å². The van der Waals surface area contributed by atoms with E-state index in [1.807, 2.05) is 0 Å². The van der Waals surface area contributed by atoms with Crippen molar-refractivity contribution in [1.82, 2.24) is 0 Å². The van der Waals surface area contributed by atoms with Crippen molar-refractivity contribution in [3.8, 4) is 0 Å². The normalized spacial score (nSPS) is 11.1. The highest BCUT2D eigenvalue weighted by Crippen LogP contribution is 2.33. The standard InChI is InChI=1S/C9H8F3NO/c1-6-2-3-7(13-5-14)4-8(6)9(10,11)12/h2-5H,1H3,(H,13,14). The smallest absolute Gasteiger partial charge is 0.329 e. The maximum atomic E-state index is 12.4. The Hall–Kier alpha value is -1.52. The molecule has 0 radical (unpaired) electrons. The van der Waals surface area contributed by atoms with Gasteiger partial charge in [-0.1, -0.05) is 6.07 Å². The highest BCUT2D eigenvalue weighted by atomic mass is 19.4. The summed E-state index contributed by atoms with van der Waals surface area (Å²) in [4.78, 5) is 10.0. The minimum absolute atomic E-state index is 0.133. The zero-order valence-electron chi connectivity index (χ0n) is 7.35. The fourth-order valence-corrected chi connectivity index (χ4v) is 1.09. The van der Waals surface area contributed by atoms with Gasteiger partial charge in [0.05, 0.1) is 5.56 Å². The van der Waals surface area contributed by atoms with E-state index in [0.29, 0.717) is 6.41 Å². The summed E-state index contributed by atoms with van der Waals surface area (Å²) in [5.74, 6) is 0. The van der Waals surface area contributed by atoms with Gasteiger partial charge in [-0.2, -0.15) is 13.2 Å². The number of anilines is 1. The number of benzene rings is 1. The molecule has 5 heteroatoms. The molecule has 0 aliphatic rings. The number of rotatable bonds is 2. The maximum Gasteiger partial charge on any atom is 0.416 e. The van der Waals surface area contributed by atoms with Crippen LogP contribution in [0.25, 0.3) is 0 Å². The third-order valence-corrected chi connectivity index (χ3v) is 1.77. The van der Waals surface area contributed by atoms with E-state index >= 15 is 0 Å². The predicted octanol–water partition coefficient (Wildman–Crippen LogP) is 2.58. The fourth-order valence-electron chi connectivity index (χ4n) is 1.09. The second-order valence-electron chi connectivity index (χ2n) is 2.79. The van der Waals surface area contributed by atoms with Crippen LogP contribution in [-0.2, 0) is 11.0 Å². The zero-order valence-corrected chi connectivity index (χ0v) is 7.35. The van der Waals surface area contributed by atoms with E-state index in [1.54, 1.807) is 0 Å². The molecule has 1 aromatic rings. The van der Waals surface area contributed by atoms with Crippen LogP contribution in [-0.4, -0.2) is 6.41 Å². The number of carbonyl (C=O) groups excluding carboxylic acids is 1. The average Bonchev–Trinajstić information content (AvgIpc) is 2.07. The highest BCUT2D eigenvalue weighted by Gasteiger charge is 2.32. The van der Waals surface area contributed by atoms with E-state index in [0.717, 1.165) is 6.07 Å². The number of hydrogen-bond donors (Lipinski definition) is 1. The predicted molar refractivity (Wildman–Crippen MR) is 45.9 cm³/mol. The van der Waals surface area contributed by atoms with Crippen molar-refractivity contribution in [2.45, 2.75) is 13.1 Å². The molecule has 14 heavy (non-hydrogen) atoms. The van der Waals surface area contributed by atoms with E-state index in [9.17, 15) is 18.0 Å². The quantitative estimate of drug-likeness (QED) is 0.735. The van der Waals surface area contributed by atoms with Crippen molar-refractivity contribution in [2.24, 2.45) is 0 Å². The molecule has 0 saturated carbocycles. The molecule has 0 atom stereocenters. The summed E-state index contributed by atoms with van der Waals surface area (Å²) in [5.41, 5.74) is -0.462. The van der Waals surface area contributed by atoms with Crippen LogP contribution < -0.4 is 5.32 Å². The Morgan fingerprint density at radius 1 is 1.36 bits per heavy atom. The maximum absolute atomic E-state index is 12.4. The molecule has 2 nitrogen and oxygen atoms in total. The summed E-state index contributed by atoms with van der Waals surface area (Å²) >= 11 is 0. The van der Waals surface area contributed by atoms with Gasteiger partial charge in [0, 0.05) is 5.69 Å². The van der Waals surface area contributed by atoms with E-state index < -0.39 is 11.7 Å². The summed E-state index contributed by atoms with van der Waals surface area (Å²) in [6.07, 6.45) is -4.05. The number of amides is 1. The van der Waals surface area contributed by atoms with Crippen molar-refractivity contribution in [1.29, 1.82) is 0 Å². The van der Waals surface area contributed by atoms with Gasteiger partial charge in [-0.3, -0.25) is 4.79 Å². The molecule has 1 aromatic carbocycles. The van der Waals surface area contributed by atoms with Gasteiger partial charge in [0.1, 0.15) is 0 Å². The van der Waals surface area contributed by atoms with Crippen LogP contribution in [0.5, 0.6) is 0 Å². The van der Waals surface area contributed by atoms with Crippen molar-refractivity contribution < 1.29 is 18.0 Å². The van der Waals surface area contributed by atoms with Gasteiger partial charge < -0.3 is 5.32 Å². The Morgan fingerprint density at radius 3 is 2.50 bits per heavy atom. The fraction of sp³-hybridized carbons (Fsp3) is 0.222. The molecule has 1 N–H and O–H groups in total. The van der Waals surface area contributed by atoms with E-state index in [2.05, 4.69) is 5.32 Å². The van der Waals surface area contributed by atoms with Gasteiger partial charge in [0.15, 0.2) is 0 Å². The molecule has 0 aromatic heterocycles. The molecule has 0 saturated heterocycles. The third-order valence-electron chi connectivity index (χ3n) is 1.77. The molecule has 0 aliphatic heterocycles. The van der Waals surface area contributed by atoms with Crippen LogP contribution in [0.15, 0.2) is 18.2 Å². The molecule has 0 fully saturated rings. The lowest BCUT2D eigenvalue weighted by molar-refractivity contribution is -0.138. The van der Waals surface area contributed by atoms with Crippen LogP contribution in [0, 0.1) is 6.92 Å². The van der Waals surface area contributed by atoms with Crippen molar-refractivity contribution in [2.75, 3.05) is 5.32 Å². The Bertz CT molecular complexity index is 346. The SMILES string of the molecule is Cc1ccc(NC=O)cc1C(F)(F)F. The molecule has 1 rings (SSSR count). The Balaban J connectivity index is 3.15. The molecule has 0 unspecified atom stereocenters. The largest absolute Gasteiger partial charge is 0.416 e. The van der Waals surface area contributed by atoms with Gasteiger partial charge in [-0.15, -0.1) is 0 Å². The van der Waals surface area contributed by atoms with Crippen LogP contribution in [0.2, 0.25) is 0 Å². The Morgan fingerprint density at radius 2 is 2.00 bits per heavy atom. The van der Waals surface area contributed by atoms with Crippen molar-refractivity contribution >= 4 is 12.1 Å². The summed E-state index contributed by atoms with van der Waals surface area (Å²) < 4.78 is 37.1. The molecular weight excluding hydrogens is 195 g/mol. The van der Waals surface area contributed by atoms with Crippen LogP contribution in [0.4, 0.5) is 18.9 Å². The van der Waals surface area contributed by atoms with Crippen LogP contribution in [0.3, 0.4) is 0 Å². The summed E-state index contributed by atoms with van der Waals surface area (Å²) in [5, 5.41) is 2.17. The first kappa shape index (κ1) is 10.6. The van der Waals surface area contributed by atoms with E-state index in [1.165, 1.54) is 19.1 Å². The third kappa shape index (κ3) is 2.25. The first-order valence-corrected chi connectivity index (χ1v) is 3.83. The van der Waals surface area contributed by atoms with Crippen molar-refractivity contribution in [3.05, 3.63) is 29.3 Å². The lowest BCUT2D eigenvalue weighted by Gasteiger charge is -2.11. The summed E-state index contributed by atoms with van der Waals surface area (Å²) in [6, 6.07) is 3.64. The number of alkyl halides is 3. The first-order chi connectivity index (χ1) is 6.45. The van der Waals surface area contributed by atoms with Gasteiger partial charge in [0.2, 0.25) is 6.41 Å². The Labute approximate surface area is 78.7 Å². The molecular formula is C9H8F3NO. The molecule has 0 bridgehead atoms. The number of aryl methyl sites for hydroxylation is 1. The van der Waals surface area contributed by atoms with Gasteiger partial charge in [0.25, 0.3) is 0 Å². The topological polar surface area (TPSA) is 29.1 Å². The number of halogens is 3. The number of hydrogen-bond acceptors (Lipinski definition) is 1. The summed E-state index contributed by atoms with van der Waals surface area (Å²) in [6.45, 7) is 1.37. The van der Waals surface area contributed by atoms with E-state index in [-0.39, 0.29) is 11.3 Å². The average molecular weight is 203 g/mol.